The van der Waals surface area contributed by atoms with Crippen molar-refractivity contribution in [3.8, 4) is 0 Å². The van der Waals surface area contributed by atoms with Crippen LogP contribution in [-0.2, 0) is 11.8 Å². The van der Waals surface area contributed by atoms with E-state index in [1.54, 1.807) is 23.9 Å². The summed E-state index contributed by atoms with van der Waals surface area (Å²) in [6.45, 7) is 1.16. The number of carbonyl (C=O) groups excluding carboxylic acids is 2. The summed E-state index contributed by atoms with van der Waals surface area (Å²) in [5, 5.41) is 5.29. The minimum atomic E-state index is -0.603. The fraction of sp³-hybridized carbons (Fsp3) is 0.538. The van der Waals surface area contributed by atoms with E-state index in [4.69, 9.17) is 17.2 Å². The molecule has 0 aliphatic carbocycles. The maximum absolute atomic E-state index is 12.2. The van der Waals surface area contributed by atoms with Gasteiger partial charge in [0.15, 0.2) is 0 Å². The molecule has 1 aromatic rings. The van der Waals surface area contributed by atoms with Crippen LogP contribution < -0.4 is 27.8 Å². The van der Waals surface area contributed by atoms with Crippen LogP contribution >= 0.6 is 0 Å². The summed E-state index contributed by atoms with van der Waals surface area (Å²) >= 11 is 0. The maximum atomic E-state index is 12.2. The second kappa shape index (κ2) is 7.77. The number of hydrogen-bond acceptors (Lipinski definition) is 5. The molecule has 0 aromatic carbocycles. The van der Waals surface area contributed by atoms with Gasteiger partial charge in [0.1, 0.15) is 5.69 Å². The molecule has 0 atom stereocenters. The van der Waals surface area contributed by atoms with Crippen LogP contribution in [0.5, 0.6) is 0 Å². The number of rotatable bonds is 9. The Morgan fingerprint density at radius 1 is 1.38 bits per heavy atom. The van der Waals surface area contributed by atoms with Gasteiger partial charge in [-0.15, -0.1) is 0 Å². The third kappa shape index (κ3) is 4.85. The first-order chi connectivity index (χ1) is 9.95. The van der Waals surface area contributed by atoms with Gasteiger partial charge in [0.05, 0.1) is 5.69 Å². The van der Waals surface area contributed by atoms with Crippen molar-refractivity contribution in [3.63, 3.8) is 0 Å². The molecule has 0 spiro atoms. The standard InChI is InChI=1S/C13H24N6O2/c1-19-7-10(18-9-20)6-11(19)12(21)17-8-13(16,2-4-14)3-5-15/h6-7,9H,2-5,8,14-16H2,1H3,(H,17,21)(H,18,20). The smallest absolute Gasteiger partial charge is 0.268 e. The number of anilines is 1. The molecule has 0 saturated heterocycles. The average Bonchev–Trinajstić information content (AvgIpc) is 2.78. The zero-order valence-corrected chi connectivity index (χ0v) is 12.3. The highest BCUT2D eigenvalue weighted by atomic mass is 16.2. The number of nitrogens with two attached hydrogens (primary N) is 3. The van der Waals surface area contributed by atoms with E-state index in [0.29, 0.717) is 50.3 Å². The fourth-order valence-corrected chi connectivity index (χ4v) is 2.16. The minimum absolute atomic E-state index is 0.264. The van der Waals surface area contributed by atoms with E-state index in [1.165, 1.54) is 0 Å². The number of aryl methyl sites for hydroxylation is 1. The van der Waals surface area contributed by atoms with E-state index < -0.39 is 5.54 Å². The molecule has 0 aliphatic rings. The second-order valence-corrected chi connectivity index (χ2v) is 5.11. The van der Waals surface area contributed by atoms with Gasteiger partial charge in [-0.3, -0.25) is 9.59 Å². The molecule has 1 heterocycles. The molecule has 0 bridgehead atoms. The molecule has 21 heavy (non-hydrogen) atoms. The second-order valence-electron chi connectivity index (χ2n) is 5.11. The highest BCUT2D eigenvalue weighted by molar-refractivity contribution is 5.94. The first-order valence-corrected chi connectivity index (χ1v) is 6.79. The predicted molar refractivity (Wildman–Crippen MR) is 81.7 cm³/mol. The van der Waals surface area contributed by atoms with Crippen LogP contribution in [0.15, 0.2) is 12.3 Å². The Morgan fingerprint density at radius 2 is 2.00 bits per heavy atom. The number of hydrogen-bond donors (Lipinski definition) is 5. The van der Waals surface area contributed by atoms with E-state index in [-0.39, 0.29) is 5.91 Å². The van der Waals surface area contributed by atoms with Crippen molar-refractivity contribution in [2.24, 2.45) is 24.2 Å². The van der Waals surface area contributed by atoms with E-state index in [9.17, 15) is 9.59 Å². The molecular formula is C13H24N6O2. The Balaban J connectivity index is 2.69. The number of amides is 2. The minimum Gasteiger partial charge on any atom is -0.349 e. The van der Waals surface area contributed by atoms with E-state index in [0.717, 1.165) is 0 Å². The van der Waals surface area contributed by atoms with Crippen molar-refractivity contribution in [3.05, 3.63) is 18.0 Å². The average molecular weight is 296 g/mol. The zero-order valence-electron chi connectivity index (χ0n) is 12.3. The van der Waals surface area contributed by atoms with Crippen LogP contribution in [0.1, 0.15) is 23.3 Å². The Hall–Kier alpha value is -1.90. The summed E-state index contributed by atoms with van der Waals surface area (Å²) in [5.41, 5.74) is 17.7. The Morgan fingerprint density at radius 3 is 2.52 bits per heavy atom. The molecule has 0 radical (unpaired) electrons. The molecule has 0 saturated carbocycles. The SMILES string of the molecule is Cn1cc(NC=O)cc1C(=O)NCC(N)(CCN)CCN. The highest BCUT2D eigenvalue weighted by Crippen LogP contribution is 2.13. The topological polar surface area (TPSA) is 141 Å². The monoisotopic (exact) mass is 296 g/mol. The molecule has 8 N–H and O–H groups in total. The first-order valence-electron chi connectivity index (χ1n) is 6.79. The fourth-order valence-electron chi connectivity index (χ4n) is 2.16. The van der Waals surface area contributed by atoms with Gasteiger partial charge < -0.3 is 32.4 Å². The van der Waals surface area contributed by atoms with Gasteiger partial charge in [-0.1, -0.05) is 0 Å². The normalized spacial score (nSPS) is 11.2. The van der Waals surface area contributed by atoms with Crippen LogP contribution in [-0.4, -0.2) is 42.1 Å². The molecule has 0 fully saturated rings. The number of nitrogens with zero attached hydrogens (tertiary/aromatic N) is 1. The molecule has 1 rings (SSSR count). The third-order valence-corrected chi connectivity index (χ3v) is 3.35. The Bertz CT molecular complexity index is 479. The zero-order chi connectivity index (χ0) is 15.9. The lowest BCUT2D eigenvalue weighted by atomic mass is 9.92. The van der Waals surface area contributed by atoms with Crippen molar-refractivity contribution in [2.45, 2.75) is 18.4 Å². The van der Waals surface area contributed by atoms with Crippen molar-refractivity contribution in [2.75, 3.05) is 25.0 Å². The molecular weight excluding hydrogens is 272 g/mol. The van der Waals surface area contributed by atoms with Crippen LogP contribution in [0.2, 0.25) is 0 Å². The molecule has 2 amide bonds. The maximum Gasteiger partial charge on any atom is 0.268 e. The van der Waals surface area contributed by atoms with Gasteiger partial charge in [0.25, 0.3) is 5.91 Å². The molecule has 8 heteroatoms. The summed E-state index contributed by atoms with van der Waals surface area (Å²) in [5.74, 6) is -0.264. The van der Waals surface area contributed by atoms with Gasteiger partial charge >= 0.3 is 0 Å². The predicted octanol–water partition coefficient (Wildman–Crippen LogP) is -1.28. The lowest BCUT2D eigenvalue weighted by Crippen LogP contribution is -2.52. The van der Waals surface area contributed by atoms with E-state index in [1.807, 2.05) is 0 Å². The van der Waals surface area contributed by atoms with Gasteiger partial charge in [-0.2, -0.15) is 0 Å². The Kier molecular flexibility index (Phi) is 6.35. The lowest BCUT2D eigenvalue weighted by molar-refractivity contribution is -0.105. The summed E-state index contributed by atoms with van der Waals surface area (Å²) in [7, 11) is 1.72. The van der Waals surface area contributed by atoms with Crippen molar-refractivity contribution in [1.29, 1.82) is 0 Å². The van der Waals surface area contributed by atoms with Crippen molar-refractivity contribution >= 4 is 18.0 Å². The summed E-state index contributed by atoms with van der Waals surface area (Å²) in [6.07, 6.45) is 3.37. The van der Waals surface area contributed by atoms with Gasteiger partial charge in [0, 0.05) is 25.3 Å². The summed E-state index contributed by atoms with van der Waals surface area (Å²) in [6, 6.07) is 1.59. The van der Waals surface area contributed by atoms with Crippen LogP contribution in [0.4, 0.5) is 5.69 Å². The molecule has 0 unspecified atom stereocenters. The Labute approximate surface area is 124 Å². The molecule has 1 aromatic heterocycles. The van der Waals surface area contributed by atoms with Gasteiger partial charge in [0.2, 0.25) is 6.41 Å². The van der Waals surface area contributed by atoms with Crippen LogP contribution in [0, 0.1) is 0 Å². The van der Waals surface area contributed by atoms with Gasteiger partial charge in [-0.25, -0.2) is 0 Å². The molecule has 8 nitrogen and oxygen atoms in total. The van der Waals surface area contributed by atoms with E-state index >= 15 is 0 Å². The summed E-state index contributed by atoms with van der Waals surface area (Å²) in [4.78, 5) is 22.6. The third-order valence-electron chi connectivity index (χ3n) is 3.35. The number of aromatic nitrogens is 1. The molecule has 118 valence electrons. The largest absolute Gasteiger partial charge is 0.349 e. The lowest BCUT2D eigenvalue weighted by Gasteiger charge is -2.28. The van der Waals surface area contributed by atoms with Gasteiger partial charge in [-0.05, 0) is 32.0 Å². The molecule has 0 aliphatic heterocycles. The van der Waals surface area contributed by atoms with Crippen molar-refractivity contribution < 1.29 is 9.59 Å². The highest BCUT2D eigenvalue weighted by Gasteiger charge is 2.24. The van der Waals surface area contributed by atoms with Crippen LogP contribution in [0.25, 0.3) is 0 Å². The first kappa shape index (κ1) is 17.2. The summed E-state index contributed by atoms with van der Waals surface area (Å²) < 4.78 is 1.63. The number of nitrogens with one attached hydrogen (secondary N) is 2. The van der Waals surface area contributed by atoms with Crippen molar-refractivity contribution in [1.82, 2.24) is 9.88 Å². The van der Waals surface area contributed by atoms with E-state index in [2.05, 4.69) is 10.6 Å². The van der Waals surface area contributed by atoms with Crippen LogP contribution in [0.3, 0.4) is 0 Å². The quantitative estimate of drug-likeness (QED) is 0.361. The number of carbonyl (C=O) groups is 2.